The summed E-state index contributed by atoms with van der Waals surface area (Å²) in [5, 5.41) is 0. The highest BCUT2D eigenvalue weighted by Crippen LogP contribution is 2.35. The highest BCUT2D eigenvalue weighted by atomic mass is 31.0. The van der Waals surface area contributed by atoms with Crippen molar-refractivity contribution in [3.05, 3.63) is 0 Å². The maximum Gasteiger partial charge on any atom is 0.183 e. The zero-order valence-electron chi connectivity index (χ0n) is 20.6. The molecule has 6 nitrogen and oxygen atoms in total. The van der Waals surface area contributed by atoms with Gasteiger partial charge in [-0.3, -0.25) is 4.90 Å². The molecule has 8 heteroatoms. The highest BCUT2D eigenvalue weighted by molar-refractivity contribution is 7.16. The third-order valence-electron chi connectivity index (χ3n) is 5.50. The monoisotopic (exact) mass is 469 g/mol. The van der Waals surface area contributed by atoms with Crippen molar-refractivity contribution >= 4 is 18.5 Å². The SMILES string of the molecule is CCOCCN(C(CP)C(CC)(OCC)OCC)C(CP)C(CC)(OCC)OCC. The van der Waals surface area contributed by atoms with Crippen LogP contribution in [-0.4, -0.2) is 87.1 Å². The molecule has 0 amide bonds. The molecule has 0 spiro atoms. The first-order valence-electron chi connectivity index (χ1n) is 11.7. The van der Waals surface area contributed by atoms with Crippen LogP contribution in [0.1, 0.15) is 61.3 Å². The Hall–Kier alpha value is 0.620. The van der Waals surface area contributed by atoms with E-state index in [-0.39, 0.29) is 12.1 Å². The summed E-state index contributed by atoms with van der Waals surface area (Å²) in [6.07, 6.45) is 3.12. The topological polar surface area (TPSA) is 49.4 Å². The van der Waals surface area contributed by atoms with Crippen molar-refractivity contribution in [3.63, 3.8) is 0 Å². The lowest BCUT2D eigenvalue weighted by molar-refractivity contribution is -0.298. The van der Waals surface area contributed by atoms with Crippen molar-refractivity contribution in [2.45, 2.75) is 85.0 Å². The third kappa shape index (κ3) is 8.19. The van der Waals surface area contributed by atoms with Gasteiger partial charge in [-0.15, -0.1) is 18.5 Å². The Bertz CT molecular complexity index is 373. The maximum atomic E-state index is 6.31. The van der Waals surface area contributed by atoms with Crippen molar-refractivity contribution in [1.82, 2.24) is 4.90 Å². The van der Waals surface area contributed by atoms with E-state index in [1.165, 1.54) is 0 Å². The second-order valence-electron chi connectivity index (χ2n) is 7.00. The molecule has 0 saturated carbocycles. The summed E-state index contributed by atoms with van der Waals surface area (Å²) in [5.74, 6) is -1.40. The molecule has 0 radical (unpaired) electrons. The zero-order valence-corrected chi connectivity index (χ0v) is 22.9. The summed E-state index contributed by atoms with van der Waals surface area (Å²) in [6.45, 7) is 18.8. The molecule has 0 aromatic rings. The normalized spacial score (nSPS) is 15.0. The minimum atomic E-state index is -0.701. The van der Waals surface area contributed by atoms with Crippen LogP contribution in [0.2, 0.25) is 0 Å². The Morgan fingerprint density at radius 3 is 1.23 bits per heavy atom. The second kappa shape index (κ2) is 17.1. The minimum Gasteiger partial charge on any atom is -0.380 e. The van der Waals surface area contributed by atoms with Crippen molar-refractivity contribution < 1.29 is 23.7 Å². The van der Waals surface area contributed by atoms with E-state index in [1.54, 1.807) is 0 Å². The molecule has 0 aromatic carbocycles. The van der Waals surface area contributed by atoms with E-state index in [1.807, 2.05) is 34.6 Å². The molecule has 182 valence electrons. The van der Waals surface area contributed by atoms with Gasteiger partial charge in [-0.25, -0.2) is 0 Å². The van der Waals surface area contributed by atoms with Gasteiger partial charge in [-0.2, -0.15) is 0 Å². The molecule has 0 aliphatic rings. The summed E-state index contributed by atoms with van der Waals surface area (Å²) in [5.41, 5.74) is 0. The molecular weight excluding hydrogens is 420 g/mol. The van der Waals surface area contributed by atoms with Gasteiger partial charge < -0.3 is 23.7 Å². The predicted octanol–water partition coefficient (Wildman–Crippen LogP) is 4.17. The first kappa shape index (κ1) is 30.6. The molecule has 0 aliphatic heterocycles. The lowest BCUT2D eigenvalue weighted by Gasteiger charge is -2.51. The highest BCUT2D eigenvalue weighted by Gasteiger charge is 2.49. The fourth-order valence-electron chi connectivity index (χ4n) is 4.30. The zero-order chi connectivity index (χ0) is 23.0. The number of hydrogen-bond acceptors (Lipinski definition) is 6. The Morgan fingerprint density at radius 2 is 1.00 bits per heavy atom. The van der Waals surface area contributed by atoms with Crippen molar-refractivity contribution in [2.24, 2.45) is 0 Å². The molecule has 0 heterocycles. The Balaban J connectivity index is 6.38. The van der Waals surface area contributed by atoms with Crippen molar-refractivity contribution in [3.8, 4) is 0 Å². The number of rotatable bonds is 20. The van der Waals surface area contributed by atoms with Gasteiger partial charge >= 0.3 is 0 Å². The van der Waals surface area contributed by atoms with E-state index in [2.05, 4.69) is 37.2 Å². The standard InChI is InChI=1S/C22H49NO5P2/c1-8-21(25-11-4,26-12-5)19(17-29)23(15-16-24-10-3)20(18-30)22(9-2,27-13-6)28-14-7/h19-20H,8-18,29-30H2,1-7H3. The van der Waals surface area contributed by atoms with E-state index in [4.69, 9.17) is 23.7 Å². The number of hydrogen-bond donors (Lipinski definition) is 0. The van der Waals surface area contributed by atoms with Crippen LogP contribution in [-0.2, 0) is 23.7 Å². The van der Waals surface area contributed by atoms with Gasteiger partial charge in [0.25, 0.3) is 0 Å². The lowest BCUT2D eigenvalue weighted by atomic mass is 9.96. The van der Waals surface area contributed by atoms with Crippen LogP contribution in [0, 0.1) is 0 Å². The van der Waals surface area contributed by atoms with E-state index in [0.717, 1.165) is 31.7 Å². The van der Waals surface area contributed by atoms with Crippen LogP contribution in [0.5, 0.6) is 0 Å². The van der Waals surface area contributed by atoms with Crippen molar-refractivity contribution in [1.29, 1.82) is 0 Å². The van der Waals surface area contributed by atoms with Crippen LogP contribution >= 0.6 is 18.5 Å². The van der Waals surface area contributed by atoms with Gasteiger partial charge in [0.1, 0.15) is 0 Å². The summed E-state index contributed by atoms with van der Waals surface area (Å²) in [7, 11) is 5.80. The van der Waals surface area contributed by atoms with Gasteiger partial charge in [0.15, 0.2) is 11.6 Å². The molecule has 0 saturated heterocycles. The van der Waals surface area contributed by atoms with Crippen LogP contribution in [0.4, 0.5) is 0 Å². The first-order chi connectivity index (χ1) is 14.5. The third-order valence-corrected chi connectivity index (χ3v) is 6.39. The van der Waals surface area contributed by atoms with Crippen molar-refractivity contribution in [2.75, 3.05) is 58.5 Å². The largest absolute Gasteiger partial charge is 0.380 e. The molecule has 30 heavy (non-hydrogen) atoms. The molecule has 4 unspecified atom stereocenters. The van der Waals surface area contributed by atoms with E-state index >= 15 is 0 Å². The molecule has 4 atom stereocenters. The van der Waals surface area contributed by atoms with Crippen LogP contribution < -0.4 is 0 Å². The minimum absolute atomic E-state index is 0.00485. The van der Waals surface area contributed by atoms with Crippen LogP contribution in [0.15, 0.2) is 0 Å². The summed E-state index contributed by atoms with van der Waals surface area (Å²) >= 11 is 0. The predicted molar refractivity (Wildman–Crippen MR) is 132 cm³/mol. The molecule has 0 aromatic heterocycles. The summed E-state index contributed by atoms with van der Waals surface area (Å²) < 4.78 is 31.0. The van der Waals surface area contributed by atoms with Gasteiger partial charge in [0.2, 0.25) is 0 Å². The fraction of sp³-hybridized carbons (Fsp3) is 1.00. The van der Waals surface area contributed by atoms with E-state index < -0.39 is 11.6 Å². The average Bonchev–Trinajstić information content (AvgIpc) is 2.74. The number of ether oxygens (including phenoxy) is 5. The van der Waals surface area contributed by atoms with Gasteiger partial charge in [-0.1, -0.05) is 13.8 Å². The van der Waals surface area contributed by atoms with E-state index in [9.17, 15) is 0 Å². The quantitative estimate of drug-likeness (QED) is 0.152. The average molecular weight is 470 g/mol. The van der Waals surface area contributed by atoms with Gasteiger partial charge in [-0.05, 0) is 46.9 Å². The first-order valence-corrected chi connectivity index (χ1v) is 13.4. The molecule has 0 bridgehead atoms. The second-order valence-corrected chi connectivity index (χ2v) is 7.94. The smallest absolute Gasteiger partial charge is 0.183 e. The summed E-state index contributed by atoms with van der Waals surface area (Å²) in [6, 6.07) is 0.00971. The number of nitrogens with zero attached hydrogens (tertiary/aromatic N) is 1. The summed E-state index contributed by atoms with van der Waals surface area (Å²) in [4.78, 5) is 2.44. The Kier molecular flexibility index (Phi) is 17.5. The Morgan fingerprint density at radius 1 is 0.633 bits per heavy atom. The molecule has 0 rings (SSSR count). The van der Waals surface area contributed by atoms with E-state index in [0.29, 0.717) is 39.6 Å². The van der Waals surface area contributed by atoms with Crippen LogP contribution in [0.3, 0.4) is 0 Å². The molecule has 0 N–H and O–H groups in total. The molecule has 0 fully saturated rings. The van der Waals surface area contributed by atoms with Gasteiger partial charge in [0, 0.05) is 52.4 Å². The lowest BCUT2D eigenvalue weighted by Crippen LogP contribution is -2.66. The van der Waals surface area contributed by atoms with Crippen LogP contribution in [0.25, 0.3) is 0 Å². The maximum absolute atomic E-state index is 6.31. The molecule has 0 aliphatic carbocycles. The fourth-order valence-corrected chi connectivity index (χ4v) is 5.56. The Labute approximate surface area is 190 Å². The van der Waals surface area contributed by atoms with Gasteiger partial charge in [0.05, 0.1) is 18.7 Å². The molecular formula is C22H49NO5P2.